The summed E-state index contributed by atoms with van der Waals surface area (Å²) in [5.74, 6) is 1.18. The molecule has 0 saturated carbocycles. The first-order chi connectivity index (χ1) is 12.4. The maximum Gasteiger partial charge on any atom is 0.247 e. The molecule has 0 bridgehead atoms. The molecule has 1 N–H and O–H groups in total. The van der Waals surface area contributed by atoms with Gasteiger partial charge in [0.25, 0.3) is 0 Å². The first-order valence-electron chi connectivity index (χ1n) is 7.93. The molecule has 0 spiro atoms. The number of nitrogens with one attached hydrogen (secondary N) is 1. The molecule has 3 rings (SSSR count). The summed E-state index contributed by atoms with van der Waals surface area (Å²) >= 11 is 0. The molecule has 7 nitrogen and oxygen atoms in total. The maximum atomic E-state index is 12.6. The van der Waals surface area contributed by atoms with Gasteiger partial charge in [-0.2, -0.15) is 0 Å². The fourth-order valence-electron chi connectivity index (χ4n) is 2.53. The lowest BCUT2D eigenvalue weighted by Crippen LogP contribution is -2.24. The fraction of sp³-hybridized carbons (Fsp3) is 0.222. The van der Waals surface area contributed by atoms with Gasteiger partial charge in [-0.1, -0.05) is 18.2 Å². The van der Waals surface area contributed by atoms with E-state index in [0.717, 1.165) is 11.1 Å². The van der Waals surface area contributed by atoms with E-state index in [-0.39, 0.29) is 17.3 Å². The minimum Gasteiger partial charge on any atom is -0.496 e. The fourth-order valence-corrected chi connectivity index (χ4v) is 3.81. The number of aryl methyl sites for hydroxylation is 2. The lowest BCUT2D eigenvalue weighted by atomic mass is 10.1. The monoisotopic (exact) mass is 373 g/mol. The number of hydrogen-bond acceptors (Lipinski definition) is 6. The molecule has 0 atom stereocenters. The molecule has 0 amide bonds. The number of benzene rings is 2. The van der Waals surface area contributed by atoms with Crippen LogP contribution in [0.1, 0.15) is 17.0 Å². The summed E-state index contributed by atoms with van der Waals surface area (Å²) in [6.07, 6.45) is 0. The summed E-state index contributed by atoms with van der Waals surface area (Å²) in [5.41, 5.74) is 2.11. The van der Waals surface area contributed by atoms with Crippen LogP contribution in [-0.4, -0.2) is 25.7 Å². The molecule has 136 valence electrons. The van der Waals surface area contributed by atoms with Crippen LogP contribution in [0.3, 0.4) is 0 Å². The Balaban J connectivity index is 1.77. The number of sulfonamides is 1. The van der Waals surface area contributed by atoms with E-state index in [1.165, 1.54) is 0 Å². The number of nitrogens with zero attached hydrogens (tertiary/aromatic N) is 2. The second-order valence-corrected chi connectivity index (χ2v) is 7.51. The third-order valence-electron chi connectivity index (χ3n) is 3.88. The zero-order valence-corrected chi connectivity index (χ0v) is 15.5. The molecule has 0 fully saturated rings. The highest BCUT2D eigenvalue weighted by molar-refractivity contribution is 7.89. The average Bonchev–Trinajstić information content (AvgIpc) is 3.11. The van der Waals surface area contributed by atoms with Crippen LogP contribution in [0.15, 0.2) is 51.8 Å². The van der Waals surface area contributed by atoms with E-state index in [1.807, 2.05) is 30.3 Å². The maximum absolute atomic E-state index is 12.6. The van der Waals surface area contributed by atoms with E-state index < -0.39 is 10.0 Å². The van der Waals surface area contributed by atoms with E-state index in [0.29, 0.717) is 17.2 Å². The Bertz CT molecular complexity index is 1010. The van der Waals surface area contributed by atoms with Gasteiger partial charge in [0, 0.05) is 5.56 Å². The number of rotatable bonds is 6. The normalized spacial score (nSPS) is 11.5. The van der Waals surface area contributed by atoms with Gasteiger partial charge in [0.05, 0.1) is 18.6 Å². The quantitative estimate of drug-likeness (QED) is 0.714. The van der Waals surface area contributed by atoms with Crippen molar-refractivity contribution >= 4 is 10.0 Å². The summed E-state index contributed by atoms with van der Waals surface area (Å²) in [6.45, 7) is 3.42. The predicted octanol–water partition coefficient (Wildman–Crippen LogP) is 2.84. The second kappa shape index (κ2) is 7.27. The average molecular weight is 373 g/mol. The molecule has 0 aliphatic heterocycles. The summed E-state index contributed by atoms with van der Waals surface area (Å²) in [5, 5.41) is 7.84. The minimum atomic E-state index is -3.73. The molecule has 3 aromatic rings. The Hall–Kier alpha value is -2.71. The van der Waals surface area contributed by atoms with Crippen molar-refractivity contribution in [2.75, 3.05) is 7.11 Å². The molecule has 0 unspecified atom stereocenters. The summed E-state index contributed by atoms with van der Waals surface area (Å²) in [7, 11) is -2.18. The van der Waals surface area contributed by atoms with Crippen LogP contribution in [0.25, 0.3) is 11.5 Å². The molecule has 0 aliphatic rings. The zero-order chi connectivity index (χ0) is 18.7. The Labute approximate surface area is 152 Å². The summed E-state index contributed by atoms with van der Waals surface area (Å²) in [6, 6.07) is 12.6. The van der Waals surface area contributed by atoms with Crippen LogP contribution >= 0.6 is 0 Å². The largest absolute Gasteiger partial charge is 0.496 e. The topological polar surface area (TPSA) is 94.3 Å². The van der Waals surface area contributed by atoms with E-state index in [9.17, 15) is 8.42 Å². The van der Waals surface area contributed by atoms with Crippen LogP contribution in [0.2, 0.25) is 0 Å². The van der Waals surface area contributed by atoms with E-state index >= 15 is 0 Å². The van der Waals surface area contributed by atoms with Crippen LogP contribution < -0.4 is 9.46 Å². The van der Waals surface area contributed by atoms with Crippen LogP contribution in [0, 0.1) is 13.8 Å². The molecule has 0 radical (unpaired) electrons. The molecule has 0 aliphatic carbocycles. The zero-order valence-electron chi connectivity index (χ0n) is 14.7. The lowest BCUT2D eigenvalue weighted by Gasteiger charge is -2.12. The molecule has 0 saturated heterocycles. The van der Waals surface area contributed by atoms with Gasteiger partial charge in [0.1, 0.15) is 5.75 Å². The lowest BCUT2D eigenvalue weighted by molar-refractivity contribution is 0.411. The van der Waals surface area contributed by atoms with E-state index in [4.69, 9.17) is 9.15 Å². The molecular formula is C18H19N3O4S. The van der Waals surface area contributed by atoms with Gasteiger partial charge >= 0.3 is 0 Å². The van der Waals surface area contributed by atoms with Gasteiger partial charge in [0.2, 0.25) is 21.8 Å². The van der Waals surface area contributed by atoms with Crippen molar-refractivity contribution in [1.82, 2.24) is 14.9 Å². The van der Waals surface area contributed by atoms with Crippen molar-refractivity contribution in [2.45, 2.75) is 25.3 Å². The molecular weight excluding hydrogens is 354 g/mol. The van der Waals surface area contributed by atoms with Crippen LogP contribution in [0.5, 0.6) is 5.75 Å². The highest BCUT2D eigenvalue weighted by Crippen LogP contribution is 2.25. The summed E-state index contributed by atoms with van der Waals surface area (Å²) < 4.78 is 38.5. The molecule has 2 aromatic carbocycles. The molecule has 8 heteroatoms. The molecule has 1 heterocycles. The van der Waals surface area contributed by atoms with Crippen molar-refractivity contribution in [3.05, 3.63) is 59.5 Å². The van der Waals surface area contributed by atoms with Crippen LogP contribution in [-0.2, 0) is 16.6 Å². The predicted molar refractivity (Wildman–Crippen MR) is 96.2 cm³/mol. The van der Waals surface area contributed by atoms with Gasteiger partial charge in [-0.15, -0.1) is 10.2 Å². The van der Waals surface area contributed by atoms with Crippen molar-refractivity contribution in [1.29, 1.82) is 0 Å². The van der Waals surface area contributed by atoms with Crippen molar-refractivity contribution in [3.8, 4) is 17.2 Å². The van der Waals surface area contributed by atoms with Gasteiger partial charge in [0.15, 0.2) is 0 Å². The Morgan fingerprint density at radius 2 is 1.81 bits per heavy atom. The number of ether oxygens (including phenoxy) is 1. The smallest absolute Gasteiger partial charge is 0.247 e. The minimum absolute atomic E-state index is 0.0906. The SMILES string of the molecule is COc1cc(C)c(S(=O)(=O)NCc2nnc(-c3ccccc3)o2)cc1C. The summed E-state index contributed by atoms with van der Waals surface area (Å²) in [4.78, 5) is 0.193. The highest BCUT2D eigenvalue weighted by atomic mass is 32.2. The Morgan fingerprint density at radius 1 is 1.08 bits per heavy atom. The Morgan fingerprint density at radius 3 is 2.50 bits per heavy atom. The van der Waals surface area contributed by atoms with E-state index in [2.05, 4.69) is 14.9 Å². The van der Waals surface area contributed by atoms with Gasteiger partial charge in [-0.3, -0.25) is 0 Å². The van der Waals surface area contributed by atoms with Crippen molar-refractivity contribution in [2.24, 2.45) is 0 Å². The Kier molecular flexibility index (Phi) is 5.06. The van der Waals surface area contributed by atoms with Gasteiger partial charge < -0.3 is 9.15 Å². The third-order valence-corrected chi connectivity index (χ3v) is 5.43. The first kappa shape index (κ1) is 18.1. The molecule has 26 heavy (non-hydrogen) atoms. The van der Waals surface area contributed by atoms with Crippen molar-refractivity contribution in [3.63, 3.8) is 0 Å². The number of methoxy groups -OCH3 is 1. The second-order valence-electron chi connectivity index (χ2n) is 5.78. The molecule has 1 aromatic heterocycles. The number of aromatic nitrogens is 2. The van der Waals surface area contributed by atoms with Gasteiger partial charge in [-0.25, -0.2) is 13.1 Å². The van der Waals surface area contributed by atoms with Crippen LogP contribution in [0.4, 0.5) is 0 Å². The van der Waals surface area contributed by atoms with Gasteiger partial charge in [-0.05, 0) is 49.2 Å². The first-order valence-corrected chi connectivity index (χ1v) is 9.42. The highest BCUT2D eigenvalue weighted by Gasteiger charge is 2.20. The third kappa shape index (κ3) is 3.76. The number of hydrogen-bond donors (Lipinski definition) is 1. The van der Waals surface area contributed by atoms with E-state index in [1.54, 1.807) is 33.1 Å². The van der Waals surface area contributed by atoms with Crippen molar-refractivity contribution < 1.29 is 17.6 Å². The standard InChI is InChI=1S/C18H19N3O4S/c1-12-10-16(13(2)9-15(12)24-3)26(22,23)19-11-17-20-21-18(25-17)14-7-5-4-6-8-14/h4-10,19H,11H2,1-3H3.